The van der Waals surface area contributed by atoms with E-state index in [0.29, 0.717) is 13.2 Å². The number of hydrogen-bond donors (Lipinski definition) is 1. The summed E-state index contributed by atoms with van der Waals surface area (Å²) in [5.41, 5.74) is 1.95. The molecule has 0 saturated carbocycles. The maximum absolute atomic E-state index is 12.5. The molecule has 5 nitrogen and oxygen atoms in total. The summed E-state index contributed by atoms with van der Waals surface area (Å²) in [6, 6.07) is 11.6. The lowest BCUT2D eigenvalue weighted by molar-refractivity contribution is 0.175. The van der Waals surface area contributed by atoms with E-state index in [4.69, 9.17) is 4.74 Å². The van der Waals surface area contributed by atoms with Gasteiger partial charge in [-0.1, -0.05) is 0 Å². The van der Waals surface area contributed by atoms with Gasteiger partial charge in [0, 0.05) is 30.7 Å². The summed E-state index contributed by atoms with van der Waals surface area (Å²) >= 11 is 0. The second-order valence-electron chi connectivity index (χ2n) is 5.38. The number of nitrogens with zero attached hydrogens (tertiary/aromatic N) is 2. The molecule has 0 saturated heterocycles. The van der Waals surface area contributed by atoms with Crippen molar-refractivity contribution in [1.82, 2.24) is 9.47 Å². The average Bonchev–Trinajstić information content (AvgIpc) is 2.99. The highest BCUT2D eigenvalue weighted by molar-refractivity contribution is 5.89. The number of rotatable bonds is 3. The molecule has 22 heavy (non-hydrogen) atoms. The maximum Gasteiger partial charge on any atom is 0.322 e. The molecule has 0 fully saturated rings. The van der Waals surface area contributed by atoms with Crippen LogP contribution in [0.15, 0.2) is 42.6 Å². The number of anilines is 1. The van der Waals surface area contributed by atoms with Crippen LogP contribution in [-0.2, 0) is 6.54 Å². The molecule has 1 atom stereocenters. The number of aromatic nitrogens is 1. The van der Waals surface area contributed by atoms with Crippen molar-refractivity contribution in [3.05, 3.63) is 48.3 Å². The van der Waals surface area contributed by atoms with Gasteiger partial charge in [-0.25, -0.2) is 4.79 Å². The summed E-state index contributed by atoms with van der Waals surface area (Å²) in [5, 5.41) is 2.96. The van der Waals surface area contributed by atoms with Crippen molar-refractivity contribution in [3.8, 4) is 5.75 Å². The second kappa shape index (κ2) is 6.13. The Morgan fingerprint density at radius 2 is 2.05 bits per heavy atom. The van der Waals surface area contributed by atoms with Gasteiger partial charge in [0.2, 0.25) is 0 Å². The summed E-state index contributed by atoms with van der Waals surface area (Å²) < 4.78 is 7.60. The highest BCUT2D eigenvalue weighted by Gasteiger charge is 2.27. The van der Waals surface area contributed by atoms with E-state index in [1.165, 1.54) is 5.69 Å². The number of carbonyl (C=O) groups excluding carboxylic acids is 1. The van der Waals surface area contributed by atoms with Gasteiger partial charge in [-0.2, -0.15) is 0 Å². The topological polar surface area (TPSA) is 46.5 Å². The molecule has 0 radical (unpaired) electrons. The Hall–Kier alpha value is -2.43. The van der Waals surface area contributed by atoms with Crippen molar-refractivity contribution in [2.75, 3.05) is 18.5 Å². The van der Waals surface area contributed by atoms with E-state index in [2.05, 4.69) is 29.1 Å². The van der Waals surface area contributed by atoms with E-state index in [1.54, 1.807) is 0 Å². The van der Waals surface area contributed by atoms with Crippen LogP contribution in [0.25, 0.3) is 0 Å². The average molecular weight is 299 g/mol. The molecule has 1 N–H and O–H groups in total. The fourth-order valence-corrected chi connectivity index (χ4v) is 2.85. The molecule has 0 aliphatic carbocycles. The zero-order valence-corrected chi connectivity index (χ0v) is 13.0. The molecule has 2 aromatic rings. The van der Waals surface area contributed by atoms with Gasteiger partial charge in [0.1, 0.15) is 5.75 Å². The van der Waals surface area contributed by atoms with Crippen LogP contribution in [0.2, 0.25) is 0 Å². The molecule has 0 spiro atoms. The van der Waals surface area contributed by atoms with Crippen LogP contribution in [0.1, 0.15) is 25.6 Å². The Bertz CT molecular complexity index is 648. The fraction of sp³-hybridized carbons (Fsp3) is 0.353. The molecule has 1 aromatic carbocycles. The molecule has 5 heteroatoms. The monoisotopic (exact) mass is 299 g/mol. The second-order valence-corrected chi connectivity index (χ2v) is 5.38. The standard InChI is InChI=1S/C17H21N3O2/c1-3-22-15-8-6-14(7-9-15)18-17(21)20-12-11-19-10-4-5-16(19)13(20)2/h4-10,13H,3,11-12H2,1-2H3,(H,18,21)/t13-/m1/s1. The van der Waals surface area contributed by atoms with Crippen molar-refractivity contribution in [2.24, 2.45) is 0 Å². The molecule has 2 amide bonds. The lowest BCUT2D eigenvalue weighted by Crippen LogP contribution is -2.42. The Labute approximate surface area is 130 Å². The maximum atomic E-state index is 12.5. The Morgan fingerprint density at radius 3 is 2.77 bits per heavy atom. The van der Waals surface area contributed by atoms with Crippen LogP contribution in [0.5, 0.6) is 5.75 Å². The van der Waals surface area contributed by atoms with E-state index < -0.39 is 0 Å². The lowest BCUT2D eigenvalue weighted by Gasteiger charge is -2.34. The third kappa shape index (κ3) is 2.79. The normalized spacial score (nSPS) is 17.0. The van der Waals surface area contributed by atoms with Crippen LogP contribution in [0.4, 0.5) is 10.5 Å². The summed E-state index contributed by atoms with van der Waals surface area (Å²) in [6.45, 7) is 6.19. The number of amides is 2. The third-order valence-corrected chi connectivity index (χ3v) is 4.02. The molecular formula is C17H21N3O2. The summed E-state index contributed by atoms with van der Waals surface area (Å²) in [6.07, 6.45) is 2.06. The SMILES string of the molecule is CCOc1ccc(NC(=O)N2CCn3cccc3[C@H]2C)cc1. The summed E-state index contributed by atoms with van der Waals surface area (Å²) in [4.78, 5) is 14.4. The summed E-state index contributed by atoms with van der Waals surface area (Å²) in [5.74, 6) is 0.810. The number of nitrogens with one attached hydrogen (secondary N) is 1. The highest BCUT2D eigenvalue weighted by atomic mass is 16.5. The molecule has 0 bridgehead atoms. The largest absolute Gasteiger partial charge is 0.494 e. The fourth-order valence-electron chi connectivity index (χ4n) is 2.85. The predicted molar refractivity (Wildman–Crippen MR) is 86.2 cm³/mol. The van der Waals surface area contributed by atoms with E-state index in [1.807, 2.05) is 42.2 Å². The Balaban J connectivity index is 1.67. The smallest absolute Gasteiger partial charge is 0.322 e. The third-order valence-electron chi connectivity index (χ3n) is 4.02. The van der Waals surface area contributed by atoms with Gasteiger partial charge in [-0.3, -0.25) is 0 Å². The molecule has 0 unspecified atom stereocenters. The molecule has 116 valence electrons. The van der Waals surface area contributed by atoms with Crippen molar-refractivity contribution < 1.29 is 9.53 Å². The van der Waals surface area contributed by atoms with Crippen molar-refractivity contribution in [1.29, 1.82) is 0 Å². The molecule has 1 aliphatic heterocycles. The predicted octanol–water partition coefficient (Wildman–Crippen LogP) is 3.50. The first kappa shape index (κ1) is 14.5. The van der Waals surface area contributed by atoms with Crippen LogP contribution in [0, 0.1) is 0 Å². The van der Waals surface area contributed by atoms with E-state index >= 15 is 0 Å². The number of benzene rings is 1. The van der Waals surface area contributed by atoms with Crippen molar-refractivity contribution in [2.45, 2.75) is 26.4 Å². The number of urea groups is 1. The van der Waals surface area contributed by atoms with Gasteiger partial charge in [-0.15, -0.1) is 0 Å². The van der Waals surface area contributed by atoms with Gasteiger partial charge in [0.15, 0.2) is 0 Å². The van der Waals surface area contributed by atoms with Crippen LogP contribution >= 0.6 is 0 Å². The lowest BCUT2D eigenvalue weighted by atomic mass is 10.1. The van der Waals surface area contributed by atoms with Crippen LogP contribution < -0.4 is 10.1 Å². The molecule has 1 aliphatic rings. The number of ether oxygens (including phenoxy) is 1. The van der Waals surface area contributed by atoms with E-state index in [-0.39, 0.29) is 12.1 Å². The Kier molecular flexibility index (Phi) is 4.04. The first-order valence-corrected chi connectivity index (χ1v) is 7.64. The minimum absolute atomic E-state index is 0.0656. The molecule has 2 heterocycles. The first-order valence-electron chi connectivity index (χ1n) is 7.64. The summed E-state index contributed by atoms with van der Waals surface area (Å²) in [7, 11) is 0. The van der Waals surface area contributed by atoms with Gasteiger partial charge < -0.3 is 19.5 Å². The minimum Gasteiger partial charge on any atom is -0.494 e. The Morgan fingerprint density at radius 1 is 1.27 bits per heavy atom. The quantitative estimate of drug-likeness (QED) is 0.943. The first-order chi connectivity index (χ1) is 10.7. The van der Waals surface area contributed by atoms with Crippen molar-refractivity contribution in [3.63, 3.8) is 0 Å². The van der Waals surface area contributed by atoms with Gasteiger partial charge in [-0.05, 0) is 50.2 Å². The molecule has 3 rings (SSSR count). The van der Waals surface area contributed by atoms with Crippen molar-refractivity contribution >= 4 is 11.7 Å². The molecular weight excluding hydrogens is 278 g/mol. The zero-order valence-electron chi connectivity index (χ0n) is 13.0. The molecule has 1 aromatic heterocycles. The zero-order chi connectivity index (χ0) is 15.5. The van der Waals surface area contributed by atoms with Gasteiger partial charge in [0.25, 0.3) is 0 Å². The van der Waals surface area contributed by atoms with Crippen LogP contribution in [-0.4, -0.2) is 28.6 Å². The number of carbonyl (C=O) groups is 1. The highest BCUT2D eigenvalue weighted by Crippen LogP contribution is 2.26. The van der Waals surface area contributed by atoms with Crippen LogP contribution in [0.3, 0.4) is 0 Å². The van der Waals surface area contributed by atoms with E-state index in [9.17, 15) is 4.79 Å². The minimum atomic E-state index is -0.0656. The number of fused-ring (bicyclic) bond motifs is 1. The van der Waals surface area contributed by atoms with E-state index in [0.717, 1.165) is 18.0 Å². The number of hydrogen-bond acceptors (Lipinski definition) is 2. The van der Waals surface area contributed by atoms with Gasteiger partial charge >= 0.3 is 6.03 Å². The van der Waals surface area contributed by atoms with Gasteiger partial charge in [0.05, 0.1) is 12.6 Å².